The second kappa shape index (κ2) is 8.53. The van der Waals surface area contributed by atoms with Crippen molar-refractivity contribution in [1.29, 1.82) is 0 Å². The van der Waals surface area contributed by atoms with Crippen LogP contribution in [0.1, 0.15) is 36.7 Å². The first-order chi connectivity index (χ1) is 14.2. The topological polar surface area (TPSA) is 60.5 Å². The standard InChI is InChI=1S/C24H25FN2O3/c1-15-12-17(14-26-21(15)16-8-6-9-18(13-16)29-5)27-22-19(10-7-11-20(22)25)23(28)30-24(2,3)4/h6-14,27H,1-5H3. The summed E-state index contributed by atoms with van der Waals surface area (Å²) in [5.41, 5.74) is 2.66. The maximum atomic E-state index is 14.6. The number of ether oxygens (including phenoxy) is 2. The summed E-state index contributed by atoms with van der Waals surface area (Å²) in [7, 11) is 1.61. The van der Waals surface area contributed by atoms with E-state index in [9.17, 15) is 9.18 Å². The lowest BCUT2D eigenvalue weighted by atomic mass is 10.1. The van der Waals surface area contributed by atoms with Gasteiger partial charge in [0.25, 0.3) is 0 Å². The lowest BCUT2D eigenvalue weighted by Crippen LogP contribution is -2.24. The maximum absolute atomic E-state index is 14.6. The van der Waals surface area contributed by atoms with Crippen LogP contribution in [0.2, 0.25) is 0 Å². The van der Waals surface area contributed by atoms with E-state index >= 15 is 0 Å². The normalized spacial score (nSPS) is 11.1. The summed E-state index contributed by atoms with van der Waals surface area (Å²) in [4.78, 5) is 17.1. The number of aryl methyl sites for hydroxylation is 1. The molecule has 3 aromatic rings. The number of carbonyl (C=O) groups is 1. The molecule has 0 spiro atoms. The molecule has 6 heteroatoms. The Hall–Kier alpha value is -3.41. The number of anilines is 2. The van der Waals surface area contributed by atoms with Gasteiger partial charge in [-0.2, -0.15) is 0 Å². The van der Waals surface area contributed by atoms with Gasteiger partial charge in [-0.05, 0) is 63.6 Å². The summed E-state index contributed by atoms with van der Waals surface area (Å²) in [6.07, 6.45) is 1.60. The molecule has 0 radical (unpaired) electrons. The Balaban J connectivity index is 1.92. The van der Waals surface area contributed by atoms with E-state index in [1.807, 2.05) is 37.3 Å². The smallest absolute Gasteiger partial charge is 0.340 e. The number of methoxy groups -OCH3 is 1. The number of esters is 1. The monoisotopic (exact) mass is 408 g/mol. The predicted octanol–water partition coefficient (Wildman–Crippen LogP) is 5.90. The van der Waals surface area contributed by atoms with Crippen molar-refractivity contribution in [2.45, 2.75) is 33.3 Å². The molecule has 30 heavy (non-hydrogen) atoms. The van der Waals surface area contributed by atoms with E-state index in [-0.39, 0.29) is 11.3 Å². The number of aromatic nitrogens is 1. The fourth-order valence-electron chi connectivity index (χ4n) is 3.01. The van der Waals surface area contributed by atoms with Crippen LogP contribution in [-0.2, 0) is 4.74 Å². The van der Waals surface area contributed by atoms with E-state index in [4.69, 9.17) is 9.47 Å². The van der Waals surface area contributed by atoms with Crippen LogP contribution in [-0.4, -0.2) is 23.7 Å². The molecular weight excluding hydrogens is 383 g/mol. The molecule has 0 saturated carbocycles. The van der Waals surface area contributed by atoms with Crippen molar-refractivity contribution in [3.8, 4) is 17.0 Å². The molecule has 3 rings (SSSR count). The van der Waals surface area contributed by atoms with Gasteiger partial charge in [-0.15, -0.1) is 0 Å². The van der Waals surface area contributed by atoms with Crippen molar-refractivity contribution in [1.82, 2.24) is 4.98 Å². The van der Waals surface area contributed by atoms with Gasteiger partial charge in [-0.1, -0.05) is 18.2 Å². The first kappa shape index (κ1) is 21.3. The summed E-state index contributed by atoms with van der Waals surface area (Å²) in [6.45, 7) is 7.22. The van der Waals surface area contributed by atoms with E-state index in [0.29, 0.717) is 5.69 Å². The average molecular weight is 408 g/mol. The Morgan fingerprint density at radius 2 is 1.83 bits per heavy atom. The minimum absolute atomic E-state index is 0.0575. The van der Waals surface area contributed by atoms with E-state index in [2.05, 4.69) is 10.3 Å². The highest BCUT2D eigenvalue weighted by Crippen LogP contribution is 2.30. The zero-order valence-electron chi connectivity index (χ0n) is 17.7. The summed E-state index contributed by atoms with van der Waals surface area (Å²) in [5, 5.41) is 2.99. The number of nitrogens with one attached hydrogen (secondary N) is 1. The Labute approximate surface area is 175 Å². The van der Waals surface area contributed by atoms with Crippen LogP contribution >= 0.6 is 0 Å². The highest BCUT2D eigenvalue weighted by molar-refractivity contribution is 5.97. The minimum Gasteiger partial charge on any atom is -0.497 e. The van der Waals surface area contributed by atoms with Gasteiger partial charge in [-0.25, -0.2) is 9.18 Å². The molecule has 0 bridgehead atoms. The Bertz CT molecular complexity index is 1070. The van der Waals surface area contributed by atoms with Gasteiger partial charge in [-0.3, -0.25) is 4.98 Å². The van der Waals surface area contributed by atoms with Crippen LogP contribution < -0.4 is 10.1 Å². The van der Waals surface area contributed by atoms with Crippen LogP contribution in [0.15, 0.2) is 54.7 Å². The number of halogens is 1. The average Bonchev–Trinajstić information content (AvgIpc) is 2.68. The molecule has 0 aliphatic heterocycles. The van der Waals surface area contributed by atoms with Gasteiger partial charge in [0.05, 0.1) is 35.9 Å². The van der Waals surface area contributed by atoms with Gasteiger partial charge in [0.2, 0.25) is 0 Å². The molecule has 1 heterocycles. The Morgan fingerprint density at radius 1 is 1.10 bits per heavy atom. The lowest BCUT2D eigenvalue weighted by Gasteiger charge is -2.21. The number of carbonyl (C=O) groups excluding carboxylic acids is 1. The molecule has 0 atom stereocenters. The zero-order chi connectivity index (χ0) is 21.9. The van der Waals surface area contributed by atoms with Crippen LogP contribution in [0.3, 0.4) is 0 Å². The highest BCUT2D eigenvalue weighted by atomic mass is 19.1. The van der Waals surface area contributed by atoms with Crippen LogP contribution in [0.4, 0.5) is 15.8 Å². The fraction of sp³-hybridized carbons (Fsp3) is 0.250. The molecule has 0 aliphatic rings. The molecule has 5 nitrogen and oxygen atoms in total. The zero-order valence-corrected chi connectivity index (χ0v) is 17.7. The number of pyridine rings is 1. The molecule has 0 fully saturated rings. The van der Waals surface area contributed by atoms with Gasteiger partial charge in [0.1, 0.15) is 17.2 Å². The van der Waals surface area contributed by atoms with Crippen molar-refractivity contribution in [3.63, 3.8) is 0 Å². The van der Waals surface area contributed by atoms with Gasteiger partial charge in [0, 0.05) is 5.56 Å². The summed E-state index contributed by atoms with van der Waals surface area (Å²) < 4.78 is 25.2. The maximum Gasteiger partial charge on any atom is 0.340 e. The SMILES string of the molecule is COc1cccc(-c2ncc(Nc3c(F)cccc3C(=O)OC(C)(C)C)cc2C)c1. The highest BCUT2D eigenvalue weighted by Gasteiger charge is 2.22. The molecule has 1 aromatic heterocycles. The molecule has 0 unspecified atom stereocenters. The third-order valence-electron chi connectivity index (χ3n) is 4.32. The van der Waals surface area contributed by atoms with Crippen LogP contribution in [0.5, 0.6) is 5.75 Å². The number of rotatable bonds is 5. The number of benzene rings is 2. The molecular formula is C24H25FN2O3. The van der Waals surface area contributed by atoms with Crippen molar-refractivity contribution in [3.05, 3.63) is 71.7 Å². The first-order valence-electron chi connectivity index (χ1n) is 9.58. The third kappa shape index (κ3) is 4.95. The van der Waals surface area contributed by atoms with Crippen molar-refractivity contribution < 1.29 is 18.7 Å². The first-order valence-corrected chi connectivity index (χ1v) is 9.58. The Morgan fingerprint density at radius 3 is 2.50 bits per heavy atom. The van der Waals surface area contributed by atoms with E-state index < -0.39 is 17.4 Å². The number of para-hydroxylation sites is 1. The third-order valence-corrected chi connectivity index (χ3v) is 4.32. The fourth-order valence-corrected chi connectivity index (χ4v) is 3.01. The molecule has 1 N–H and O–H groups in total. The van der Waals surface area contributed by atoms with Crippen molar-refractivity contribution in [2.75, 3.05) is 12.4 Å². The van der Waals surface area contributed by atoms with Crippen LogP contribution in [0, 0.1) is 12.7 Å². The molecule has 0 aliphatic carbocycles. The quantitative estimate of drug-likeness (QED) is 0.532. The van der Waals surface area contributed by atoms with Crippen molar-refractivity contribution in [2.24, 2.45) is 0 Å². The summed E-state index contributed by atoms with van der Waals surface area (Å²) in [6, 6.07) is 13.8. The lowest BCUT2D eigenvalue weighted by molar-refractivity contribution is 0.00703. The van der Waals surface area contributed by atoms with Gasteiger partial charge >= 0.3 is 5.97 Å². The molecule has 0 saturated heterocycles. The molecule has 0 amide bonds. The second-order valence-corrected chi connectivity index (χ2v) is 7.91. The van der Waals surface area contributed by atoms with E-state index in [0.717, 1.165) is 22.6 Å². The number of hydrogen-bond donors (Lipinski definition) is 1. The summed E-state index contributed by atoms with van der Waals surface area (Å²) >= 11 is 0. The van der Waals surface area contributed by atoms with Gasteiger partial charge < -0.3 is 14.8 Å². The number of nitrogens with zero attached hydrogens (tertiary/aromatic N) is 1. The molecule has 2 aromatic carbocycles. The predicted molar refractivity (Wildman–Crippen MR) is 116 cm³/mol. The second-order valence-electron chi connectivity index (χ2n) is 7.91. The van der Waals surface area contributed by atoms with E-state index in [1.165, 1.54) is 18.2 Å². The minimum atomic E-state index is -0.683. The largest absolute Gasteiger partial charge is 0.497 e. The van der Waals surface area contributed by atoms with E-state index in [1.54, 1.807) is 34.1 Å². The van der Waals surface area contributed by atoms with Crippen molar-refractivity contribution >= 4 is 17.3 Å². The van der Waals surface area contributed by atoms with Crippen LogP contribution in [0.25, 0.3) is 11.3 Å². The number of hydrogen-bond acceptors (Lipinski definition) is 5. The summed E-state index contributed by atoms with van der Waals surface area (Å²) in [5.74, 6) is -0.403. The Kier molecular flexibility index (Phi) is 6.06. The molecule has 156 valence electrons. The van der Waals surface area contributed by atoms with Gasteiger partial charge in [0.15, 0.2) is 0 Å².